The minimum Gasteiger partial charge on any atom is -0.500 e. The zero-order valence-electron chi connectivity index (χ0n) is 24.8. The molecule has 0 spiro atoms. The summed E-state index contributed by atoms with van der Waals surface area (Å²) in [6, 6.07) is 49.1. The topological polar surface area (TPSA) is 56.7 Å². The average Bonchev–Trinajstić information content (AvgIpc) is 3.68. The number of benzene rings is 5. The van der Waals surface area contributed by atoms with E-state index >= 15 is 0 Å². The first kappa shape index (κ1) is 29.3. The molecule has 5 aromatic carbocycles. The number of rotatable bonds is 3. The summed E-state index contributed by atoms with van der Waals surface area (Å²) >= 11 is 0. The summed E-state index contributed by atoms with van der Waals surface area (Å²) in [4.78, 5) is 13.8. The molecule has 9 aromatic rings. The summed E-state index contributed by atoms with van der Waals surface area (Å²) in [6.07, 6.45) is 3.68. The van der Waals surface area contributed by atoms with Crippen LogP contribution in [0.4, 0.5) is 0 Å². The molecule has 0 N–H and O–H groups in total. The number of nitrogens with zero attached hydrogens (tertiary/aromatic N) is 4. The molecule has 0 saturated carbocycles. The molecule has 0 unspecified atom stereocenters. The summed E-state index contributed by atoms with van der Waals surface area (Å²) in [5.41, 5.74) is 8.34. The van der Waals surface area contributed by atoms with Crippen molar-refractivity contribution in [3.8, 4) is 28.3 Å². The SMILES string of the molecule is Cc1cc2nc(-c3[c-]ccc4c3oc3c5ccccc5ccc43)n(-c3ccccc3)c2cn1.[Ir].[c-]1ccccc1-c1ccccn1. The molecule has 0 amide bonds. The van der Waals surface area contributed by atoms with Crippen molar-refractivity contribution >= 4 is 43.7 Å². The zero-order chi connectivity index (χ0) is 30.2. The van der Waals surface area contributed by atoms with Crippen molar-refractivity contribution in [1.82, 2.24) is 19.5 Å². The molecule has 4 aromatic heterocycles. The summed E-state index contributed by atoms with van der Waals surface area (Å²) in [5, 5.41) is 4.42. The normalized spacial score (nSPS) is 11.0. The van der Waals surface area contributed by atoms with Gasteiger partial charge in [0.25, 0.3) is 0 Å². The van der Waals surface area contributed by atoms with Gasteiger partial charge in [-0.1, -0.05) is 77.7 Å². The van der Waals surface area contributed by atoms with Crippen molar-refractivity contribution < 1.29 is 24.5 Å². The van der Waals surface area contributed by atoms with E-state index in [1.807, 2.05) is 98.0 Å². The van der Waals surface area contributed by atoms with Gasteiger partial charge in [0, 0.05) is 48.5 Å². The predicted molar refractivity (Wildman–Crippen MR) is 181 cm³/mol. The molecule has 0 aliphatic heterocycles. The van der Waals surface area contributed by atoms with E-state index in [1.165, 1.54) is 0 Å². The fraction of sp³-hybridized carbons (Fsp3) is 0.0250. The van der Waals surface area contributed by atoms with Gasteiger partial charge in [-0.2, -0.15) is 0 Å². The standard InChI is InChI=1S/C29H18N3O.C11H8N.Ir/c1-18-16-25-26(17-30-18)32(20-9-3-2-4-10-20)29(31-25)24-13-7-12-22-23-15-14-19-8-5-6-11-21(19)27(23)33-28(22)24;1-2-6-10(7-3-1)11-8-4-5-9-12-11;/h2-12,14-17H,1H3;1-6,8-9H;/q2*-1;. The summed E-state index contributed by atoms with van der Waals surface area (Å²) in [5.74, 6) is 0.789. The first-order valence-electron chi connectivity index (χ1n) is 14.8. The number of hydrogen-bond donors (Lipinski definition) is 0. The third-order valence-corrected chi connectivity index (χ3v) is 7.89. The minimum atomic E-state index is 0. The van der Waals surface area contributed by atoms with Crippen LogP contribution in [0.5, 0.6) is 0 Å². The van der Waals surface area contributed by atoms with E-state index in [2.05, 4.69) is 69.1 Å². The maximum absolute atomic E-state index is 6.56. The molecule has 0 saturated heterocycles. The molecule has 0 aliphatic rings. The van der Waals surface area contributed by atoms with Gasteiger partial charge in [0.05, 0.1) is 28.6 Å². The predicted octanol–water partition coefficient (Wildman–Crippen LogP) is 9.79. The quantitative estimate of drug-likeness (QED) is 0.168. The van der Waals surface area contributed by atoms with E-state index in [1.54, 1.807) is 6.20 Å². The van der Waals surface area contributed by atoms with Gasteiger partial charge in [0.15, 0.2) is 0 Å². The van der Waals surface area contributed by atoms with Crippen LogP contribution in [0.3, 0.4) is 0 Å². The molecule has 9 rings (SSSR count). The monoisotopic (exact) mass is 771 g/mol. The second-order valence-electron chi connectivity index (χ2n) is 10.8. The van der Waals surface area contributed by atoms with Gasteiger partial charge in [0.2, 0.25) is 0 Å². The van der Waals surface area contributed by atoms with E-state index < -0.39 is 0 Å². The van der Waals surface area contributed by atoms with Gasteiger partial charge in [-0.3, -0.25) is 9.97 Å². The largest absolute Gasteiger partial charge is 0.500 e. The minimum absolute atomic E-state index is 0. The van der Waals surface area contributed by atoms with E-state index in [0.29, 0.717) is 0 Å². The summed E-state index contributed by atoms with van der Waals surface area (Å²) in [7, 11) is 0. The molecule has 6 heteroatoms. The van der Waals surface area contributed by atoms with Crippen LogP contribution >= 0.6 is 0 Å². The zero-order valence-corrected chi connectivity index (χ0v) is 27.2. The van der Waals surface area contributed by atoms with Gasteiger partial charge in [-0.25, -0.2) is 0 Å². The Hall–Kier alpha value is -5.42. The molecule has 0 bridgehead atoms. The number of aryl methyl sites for hydroxylation is 1. The van der Waals surface area contributed by atoms with E-state index in [-0.39, 0.29) is 20.1 Å². The van der Waals surface area contributed by atoms with Crippen LogP contribution in [0.15, 0.2) is 144 Å². The fourth-order valence-corrected chi connectivity index (χ4v) is 5.79. The van der Waals surface area contributed by atoms with Gasteiger partial charge in [-0.15, -0.1) is 54.1 Å². The molecule has 0 aliphatic carbocycles. The summed E-state index contributed by atoms with van der Waals surface area (Å²) < 4.78 is 8.70. The molecule has 0 fully saturated rings. The summed E-state index contributed by atoms with van der Waals surface area (Å²) in [6.45, 7) is 1.98. The van der Waals surface area contributed by atoms with E-state index in [0.717, 1.165) is 77.8 Å². The Kier molecular flexibility index (Phi) is 7.98. The Morgan fingerprint density at radius 3 is 2.30 bits per heavy atom. The number of aromatic nitrogens is 4. The number of fused-ring (bicyclic) bond motifs is 6. The Bertz CT molecular complexity index is 2400. The molecular weight excluding hydrogens is 745 g/mol. The van der Waals surface area contributed by atoms with Crippen molar-refractivity contribution in [3.63, 3.8) is 0 Å². The van der Waals surface area contributed by atoms with Gasteiger partial charge >= 0.3 is 0 Å². The molecule has 4 heterocycles. The van der Waals surface area contributed by atoms with Crippen LogP contribution in [-0.2, 0) is 20.1 Å². The third kappa shape index (κ3) is 5.28. The molecule has 223 valence electrons. The van der Waals surface area contributed by atoms with Crippen molar-refractivity contribution in [2.75, 3.05) is 0 Å². The molecule has 1 radical (unpaired) electrons. The van der Waals surface area contributed by atoms with Crippen LogP contribution in [0, 0.1) is 19.1 Å². The smallest absolute Gasteiger partial charge is 0.128 e. The van der Waals surface area contributed by atoms with Crippen LogP contribution in [-0.4, -0.2) is 19.5 Å². The van der Waals surface area contributed by atoms with Gasteiger partial charge in [0.1, 0.15) is 5.58 Å². The Morgan fingerprint density at radius 1 is 0.674 bits per heavy atom. The second-order valence-corrected chi connectivity index (χ2v) is 10.8. The van der Waals surface area contributed by atoms with Crippen molar-refractivity contribution in [3.05, 3.63) is 158 Å². The number of imidazole rings is 1. The number of hydrogen-bond acceptors (Lipinski definition) is 4. The van der Waals surface area contributed by atoms with Crippen molar-refractivity contribution in [1.29, 1.82) is 0 Å². The Labute approximate surface area is 279 Å². The number of para-hydroxylation sites is 1. The average molecular weight is 771 g/mol. The first-order chi connectivity index (χ1) is 22.2. The van der Waals surface area contributed by atoms with Crippen molar-refractivity contribution in [2.24, 2.45) is 0 Å². The Morgan fingerprint density at radius 2 is 1.48 bits per heavy atom. The number of pyridine rings is 2. The number of furan rings is 1. The fourth-order valence-electron chi connectivity index (χ4n) is 5.79. The van der Waals surface area contributed by atoms with Crippen LogP contribution < -0.4 is 0 Å². The van der Waals surface area contributed by atoms with E-state index in [9.17, 15) is 0 Å². The maximum atomic E-state index is 6.56. The maximum Gasteiger partial charge on any atom is 0.128 e. The van der Waals surface area contributed by atoms with E-state index in [4.69, 9.17) is 9.40 Å². The molecule has 5 nitrogen and oxygen atoms in total. The van der Waals surface area contributed by atoms with Gasteiger partial charge in [-0.05, 0) is 42.3 Å². The second kappa shape index (κ2) is 12.5. The van der Waals surface area contributed by atoms with Crippen molar-refractivity contribution in [2.45, 2.75) is 6.92 Å². The Balaban J connectivity index is 0.000000220. The van der Waals surface area contributed by atoms with Crippen LogP contribution in [0.1, 0.15) is 5.69 Å². The van der Waals surface area contributed by atoms with Gasteiger partial charge < -0.3 is 14.0 Å². The first-order valence-corrected chi connectivity index (χ1v) is 14.8. The molecule has 46 heavy (non-hydrogen) atoms. The van der Waals surface area contributed by atoms with Crippen LogP contribution in [0.25, 0.3) is 72.1 Å². The molecule has 0 atom stereocenters. The molecular formula is C40H26IrN4O-2. The third-order valence-electron chi connectivity index (χ3n) is 7.89. The van der Waals surface area contributed by atoms with Crippen LogP contribution in [0.2, 0.25) is 0 Å².